The van der Waals surface area contributed by atoms with E-state index in [0.717, 1.165) is 16.8 Å². The Morgan fingerprint density at radius 1 is 1.38 bits per heavy atom. The van der Waals surface area contributed by atoms with Crippen LogP contribution < -0.4 is 0 Å². The molecule has 0 aliphatic carbocycles. The zero-order valence-electron chi connectivity index (χ0n) is 13.1. The molecule has 7 heteroatoms. The Labute approximate surface area is 138 Å². The van der Waals surface area contributed by atoms with Gasteiger partial charge >= 0.3 is 0 Å². The third kappa shape index (κ3) is 2.20. The summed E-state index contributed by atoms with van der Waals surface area (Å²) in [7, 11) is 0. The van der Waals surface area contributed by atoms with E-state index in [-0.39, 0.29) is 5.91 Å². The van der Waals surface area contributed by atoms with Gasteiger partial charge in [-0.2, -0.15) is 10.4 Å². The second kappa shape index (κ2) is 5.42. The van der Waals surface area contributed by atoms with Gasteiger partial charge in [0.1, 0.15) is 12.4 Å². The van der Waals surface area contributed by atoms with Gasteiger partial charge in [0, 0.05) is 31.0 Å². The van der Waals surface area contributed by atoms with Crippen LogP contribution in [0.15, 0.2) is 30.9 Å². The summed E-state index contributed by atoms with van der Waals surface area (Å²) >= 11 is 0. The second-order valence-corrected chi connectivity index (χ2v) is 5.79. The maximum atomic E-state index is 12.8. The van der Waals surface area contributed by atoms with Crippen molar-refractivity contribution in [1.29, 1.82) is 5.26 Å². The van der Waals surface area contributed by atoms with Gasteiger partial charge < -0.3 is 4.90 Å². The van der Waals surface area contributed by atoms with Gasteiger partial charge in [0.05, 0.1) is 11.3 Å². The highest BCUT2D eigenvalue weighted by atomic mass is 16.2. The summed E-state index contributed by atoms with van der Waals surface area (Å²) < 4.78 is 1.62. The van der Waals surface area contributed by atoms with Gasteiger partial charge in [0.2, 0.25) is 0 Å². The average molecular weight is 318 g/mol. The molecule has 0 atom stereocenters. The standard InChI is InChI=1S/C17H14N6O/c1-11-15(7-18)14-3-4-22(9-13(14)8-19-11)17(24)12-2-5-23-16(6-12)20-10-21-23/h2,5-6,8,10H,3-4,9H2,1H3. The molecule has 118 valence electrons. The molecule has 4 heterocycles. The summed E-state index contributed by atoms with van der Waals surface area (Å²) in [6.07, 6.45) is 5.62. The van der Waals surface area contributed by atoms with Crippen LogP contribution in [-0.4, -0.2) is 36.9 Å². The van der Waals surface area contributed by atoms with Crippen molar-refractivity contribution >= 4 is 11.6 Å². The Morgan fingerprint density at radius 2 is 2.25 bits per heavy atom. The molecule has 24 heavy (non-hydrogen) atoms. The highest BCUT2D eigenvalue weighted by Gasteiger charge is 2.25. The quantitative estimate of drug-likeness (QED) is 0.678. The minimum Gasteiger partial charge on any atom is -0.334 e. The highest BCUT2D eigenvalue weighted by Crippen LogP contribution is 2.24. The van der Waals surface area contributed by atoms with Crippen molar-refractivity contribution < 1.29 is 4.79 Å². The molecule has 0 radical (unpaired) electrons. The molecule has 1 aliphatic rings. The van der Waals surface area contributed by atoms with Gasteiger partial charge in [-0.25, -0.2) is 9.50 Å². The lowest BCUT2D eigenvalue weighted by Crippen LogP contribution is -2.36. The first kappa shape index (κ1) is 14.3. The molecular weight excluding hydrogens is 304 g/mol. The van der Waals surface area contributed by atoms with Crippen LogP contribution in [0.3, 0.4) is 0 Å². The third-order valence-corrected chi connectivity index (χ3v) is 4.38. The first-order chi connectivity index (χ1) is 11.7. The van der Waals surface area contributed by atoms with Crippen molar-refractivity contribution in [3.63, 3.8) is 0 Å². The Hall–Kier alpha value is -3.27. The molecule has 3 aromatic rings. The zero-order chi connectivity index (χ0) is 16.7. The molecule has 0 fully saturated rings. The number of fused-ring (bicyclic) bond motifs is 2. The Morgan fingerprint density at radius 3 is 3.08 bits per heavy atom. The van der Waals surface area contributed by atoms with E-state index in [4.69, 9.17) is 0 Å². The fourth-order valence-electron chi connectivity index (χ4n) is 3.10. The fourth-order valence-corrected chi connectivity index (χ4v) is 3.10. The number of nitrogens with zero attached hydrogens (tertiary/aromatic N) is 6. The van der Waals surface area contributed by atoms with E-state index >= 15 is 0 Å². The van der Waals surface area contributed by atoms with E-state index in [1.165, 1.54) is 6.33 Å². The van der Waals surface area contributed by atoms with E-state index < -0.39 is 0 Å². The maximum Gasteiger partial charge on any atom is 0.254 e. The van der Waals surface area contributed by atoms with Gasteiger partial charge in [0.25, 0.3) is 5.91 Å². The molecule has 1 aliphatic heterocycles. The van der Waals surface area contributed by atoms with Crippen molar-refractivity contribution in [3.05, 3.63) is 58.8 Å². The summed E-state index contributed by atoms with van der Waals surface area (Å²) in [6, 6.07) is 5.71. The molecule has 0 saturated carbocycles. The number of carbonyl (C=O) groups is 1. The van der Waals surface area contributed by atoms with Gasteiger partial charge in [-0.15, -0.1) is 0 Å². The number of rotatable bonds is 1. The fraction of sp³-hybridized carbons (Fsp3) is 0.235. The molecule has 7 nitrogen and oxygen atoms in total. The number of pyridine rings is 2. The zero-order valence-corrected chi connectivity index (χ0v) is 13.1. The van der Waals surface area contributed by atoms with Crippen LogP contribution in [0, 0.1) is 18.3 Å². The molecular formula is C17H14N6O. The predicted octanol–water partition coefficient (Wildman–Crippen LogP) is 1.50. The van der Waals surface area contributed by atoms with Gasteiger partial charge in [-0.3, -0.25) is 9.78 Å². The average Bonchev–Trinajstić information content (AvgIpc) is 3.08. The predicted molar refractivity (Wildman–Crippen MR) is 85.1 cm³/mol. The van der Waals surface area contributed by atoms with Crippen molar-refractivity contribution in [2.24, 2.45) is 0 Å². The van der Waals surface area contributed by atoms with Gasteiger partial charge in [0.15, 0.2) is 5.65 Å². The first-order valence-corrected chi connectivity index (χ1v) is 7.63. The number of hydrogen-bond acceptors (Lipinski definition) is 5. The molecule has 0 unspecified atom stereocenters. The van der Waals surface area contributed by atoms with Crippen LogP contribution in [-0.2, 0) is 13.0 Å². The second-order valence-electron chi connectivity index (χ2n) is 5.79. The number of hydrogen-bond donors (Lipinski definition) is 0. The lowest BCUT2D eigenvalue weighted by Gasteiger charge is -2.29. The van der Waals surface area contributed by atoms with E-state index in [2.05, 4.69) is 21.1 Å². The summed E-state index contributed by atoms with van der Waals surface area (Å²) in [5, 5.41) is 13.4. The molecule has 4 rings (SSSR count). The Kier molecular flexibility index (Phi) is 3.24. The SMILES string of the molecule is Cc1ncc2c(c1C#N)CCN(C(=O)c1ccn3ncnc3c1)C2. The molecule has 0 saturated heterocycles. The number of aromatic nitrogens is 4. The van der Waals surface area contributed by atoms with Crippen LogP contribution in [0.1, 0.15) is 32.7 Å². The molecule has 0 spiro atoms. The lowest BCUT2D eigenvalue weighted by molar-refractivity contribution is 0.0734. The topological polar surface area (TPSA) is 87.2 Å². The third-order valence-electron chi connectivity index (χ3n) is 4.38. The Balaban J connectivity index is 1.64. The van der Waals surface area contributed by atoms with Crippen molar-refractivity contribution in [3.8, 4) is 6.07 Å². The first-order valence-electron chi connectivity index (χ1n) is 7.63. The van der Waals surface area contributed by atoms with Crippen LogP contribution in [0.4, 0.5) is 0 Å². The van der Waals surface area contributed by atoms with Crippen molar-refractivity contribution in [1.82, 2.24) is 24.5 Å². The molecule has 0 N–H and O–H groups in total. The normalized spacial score (nSPS) is 13.6. The lowest BCUT2D eigenvalue weighted by atomic mass is 9.95. The summed E-state index contributed by atoms with van der Waals surface area (Å²) in [4.78, 5) is 23.0. The highest BCUT2D eigenvalue weighted by molar-refractivity contribution is 5.95. The van der Waals surface area contributed by atoms with E-state index in [0.29, 0.717) is 36.3 Å². The molecule has 1 amide bonds. The van der Waals surface area contributed by atoms with E-state index in [9.17, 15) is 10.1 Å². The van der Waals surface area contributed by atoms with Gasteiger partial charge in [-0.1, -0.05) is 0 Å². The number of aryl methyl sites for hydroxylation is 1. The van der Waals surface area contributed by atoms with Crippen molar-refractivity contribution in [2.45, 2.75) is 19.9 Å². The van der Waals surface area contributed by atoms with Crippen LogP contribution in [0.25, 0.3) is 5.65 Å². The monoisotopic (exact) mass is 318 g/mol. The molecule has 3 aromatic heterocycles. The number of carbonyl (C=O) groups excluding carboxylic acids is 1. The molecule has 0 bridgehead atoms. The maximum absolute atomic E-state index is 12.8. The van der Waals surface area contributed by atoms with Crippen LogP contribution in [0.2, 0.25) is 0 Å². The van der Waals surface area contributed by atoms with Gasteiger partial charge in [-0.05, 0) is 36.6 Å². The minimum absolute atomic E-state index is 0.0507. The van der Waals surface area contributed by atoms with Crippen LogP contribution >= 0.6 is 0 Å². The minimum atomic E-state index is -0.0507. The van der Waals surface area contributed by atoms with Crippen LogP contribution in [0.5, 0.6) is 0 Å². The largest absolute Gasteiger partial charge is 0.334 e. The summed E-state index contributed by atoms with van der Waals surface area (Å²) in [6.45, 7) is 2.89. The number of nitriles is 1. The van der Waals surface area contributed by atoms with E-state index in [1.54, 1.807) is 33.9 Å². The molecule has 0 aromatic carbocycles. The van der Waals surface area contributed by atoms with Crippen molar-refractivity contribution in [2.75, 3.05) is 6.54 Å². The summed E-state index contributed by atoms with van der Waals surface area (Å²) in [5.74, 6) is -0.0507. The number of amides is 1. The summed E-state index contributed by atoms with van der Waals surface area (Å²) in [5.41, 5.74) is 4.57. The Bertz CT molecular complexity index is 1000. The smallest absolute Gasteiger partial charge is 0.254 e. The van der Waals surface area contributed by atoms with E-state index in [1.807, 2.05) is 6.92 Å².